The van der Waals surface area contributed by atoms with Crippen LogP contribution in [0.2, 0.25) is 5.02 Å². The van der Waals surface area contributed by atoms with Crippen molar-refractivity contribution in [3.63, 3.8) is 0 Å². The highest BCUT2D eigenvalue weighted by Gasteiger charge is 2.16. The van der Waals surface area contributed by atoms with Crippen LogP contribution in [0.25, 0.3) is 0 Å². The zero-order chi connectivity index (χ0) is 15.3. The largest absolute Gasteiger partial charge is 0.381 e. The maximum atomic E-state index is 10.7. The van der Waals surface area contributed by atoms with Gasteiger partial charge in [-0.1, -0.05) is 39.3 Å². The minimum Gasteiger partial charge on any atom is -0.381 e. The molecular formula is C15H23ClN2O2. The first kappa shape index (κ1) is 16.8. The Hall–Kier alpha value is -1.29. The second-order valence-electron chi connectivity index (χ2n) is 6.02. The number of hydrogen-bond donors (Lipinski definition) is 1. The van der Waals surface area contributed by atoms with Gasteiger partial charge in [0.25, 0.3) is 5.69 Å². The SMILES string of the molecule is CC(C)CC(CC(C)C)Nc1ccc([N+](=O)[O-])cc1Cl. The summed E-state index contributed by atoms with van der Waals surface area (Å²) >= 11 is 6.12. The quantitative estimate of drug-likeness (QED) is 0.561. The van der Waals surface area contributed by atoms with Crippen LogP contribution in [-0.2, 0) is 0 Å². The molecule has 0 saturated heterocycles. The first-order valence-electron chi connectivity index (χ1n) is 7.00. The molecule has 1 N–H and O–H groups in total. The summed E-state index contributed by atoms with van der Waals surface area (Å²) in [4.78, 5) is 10.3. The average Bonchev–Trinajstić information content (AvgIpc) is 2.29. The van der Waals surface area contributed by atoms with Gasteiger partial charge in [0.15, 0.2) is 0 Å². The van der Waals surface area contributed by atoms with Crippen LogP contribution in [0.3, 0.4) is 0 Å². The van der Waals surface area contributed by atoms with Crippen molar-refractivity contribution in [1.82, 2.24) is 0 Å². The lowest BCUT2D eigenvalue weighted by Crippen LogP contribution is -2.23. The van der Waals surface area contributed by atoms with Gasteiger partial charge in [-0.3, -0.25) is 10.1 Å². The van der Waals surface area contributed by atoms with Gasteiger partial charge in [0.05, 0.1) is 15.6 Å². The Morgan fingerprint density at radius 3 is 2.15 bits per heavy atom. The second kappa shape index (κ2) is 7.48. The summed E-state index contributed by atoms with van der Waals surface area (Å²) in [5.41, 5.74) is 0.786. The van der Waals surface area contributed by atoms with Gasteiger partial charge < -0.3 is 5.32 Å². The highest BCUT2D eigenvalue weighted by atomic mass is 35.5. The summed E-state index contributed by atoms with van der Waals surface area (Å²) in [5.74, 6) is 1.17. The molecule has 1 aromatic rings. The highest BCUT2D eigenvalue weighted by Crippen LogP contribution is 2.29. The predicted molar refractivity (Wildman–Crippen MR) is 84.4 cm³/mol. The molecule has 0 saturated carbocycles. The van der Waals surface area contributed by atoms with Crippen LogP contribution in [0.5, 0.6) is 0 Å². The number of nitrogens with one attached hydrogen (secondary N) is 1. The molecule has 1 rings (SSSR count). The van der Waals surface area contributed by atoms with Crippen molar-refractivity contribution in [2.24, 2.45) is 11.8 Å². The Kier molecular flexibility index (Phi) is 6.27. The van der Waals surface area contributed by atoms with Gasteiger partial charge in [0, 0.05) is 18.2 Å². The molecule has 0 spiro atoms. The standard InChI is InChI=1S/C15H23ClN2O2/c1-10(2)7-12(8-11(3)4)17-15-6-5-13(18(19)20)9-14(15)16/h5-6,9-12,17H,7-8H2,1-4H3. The van der Waals surface area contributed by atoms with Gasteiger partial charge in [-0.05, 0) is 30.7 Å². The monoisotopic (exact) mass is 298 g/mol. The third-order valence-electron chi connectivity index (χ3n) is 3.03. The van der Waals surface area contributed by atoms with Gasteiger partial charge in [0.1, 0.15) is 0 Å². The Morgan fingerprint density at radius 1 is 1.20 bits per heavy atom. The number of benzene rings is 1. The molecule has 0 fully saturated rings. The lowest BCUT2D eigenvalue weighted by Gasteiger charge is -2.24. The molecule has 1 aromatic carbocycles. The van der Waals surface area contributed by atoms with Gasteiger partial charge in [-0.25, -0.2) is 0 Å². The van der Waals surface area contributed by atoms with Gasteiger partial charge in [0.2, 0.25) is 0 Å². The van der Waals surface area contributed by atoms with Crippen molar-refractivity contribution in [3.05, 3.63) is 33.3 Å². The van der Waals surface area contributed by atoms with Gasteiger partial charge >= 0.3 is 0 Å². The van der Waals surface area contributed by atoms with Crippen LogP contribution in [0.1, 0.15) is 40.5 Å². The van der Waals surface area contributed by atoms with Gasteiger partial charge in [-0.15, -0.1) is 0 Å². The van der Waals surface area contributed by atoms with E-state index in [0.29, 0.717) is 22.9 Å². The molecule has 0 bridgehead atoms. The molecule has 112 valence electrons. The molecule has 0 aliphatic rings. The third-order valence-corrected chi connectivity index (χ3v) is 3.35. The molecule has 20 heavy (non-hydrogen) atoms. The number of nitro benzene ring substituents is 1. The number of halogens is 1. The number of nitrogens with zero attached hydrogens (tertiary/aromatic N) is 1. The van der Waals surface area contributed by atoms with Crippen LogP contribution in [0, 0.1) is 22.0 Å². The smallest absolute Gasteiger partial charge is 0.271 e. The maximum absolute atomic E-state index is 10.7. The Balaban J connectivity index is 2.84. The molecule has 0 unspecified atom stereocenters. The van der Waals surface area contributed by atoms with E-state index in [-0.39, 0.29) is 5.69 Å². The van der Waals surface area contributed by atoms with Gasteiger partial charge in [-0.2, -0.15) is 0 Å². The molecule has 0 aromatic heterocycles. The van der Waals surface area contributed by atoms with Crippen molar-refractivity contribution < 1.29 is 4.92 Å². The molecule has 0 heterocycles. The first-order valence-corrected chi connectivity index (χ1v) is 7.37. The van der Waals surface area contributed by atoms with E-state index < -0.39 is 4.92 Å². The zero-order valence-electron chi connectivity index (χ0n) is 12.5. The molecule has 0 aliphatic heterocycles. The first-order chi connectivity index (χ1) is 9.29. The molecular weight excluding hydrogens is 276 g/mol. The van der Waals surface area contributed by atoms with E-state index in [1.165, 1.54) is 12.1 Å². The van der Waals surface area contributed by atoms with Crippen molar-refractivity contribution in [1.29, 1.82) is 0 Å². The Morgan fingerprint density at radius 2 is 1.75 bits per heavy atom. The third kappa shape index (κ3) is 5.37. The Bertz CT molecular complexity index is 451. The summed E-state index contributed by atoms with van der Waals surface area (Å²) in [6.45, 7) is 8.75. The maximum Gasteiger partial charge on any atom is 0.271 e. The van der Waals surface area contributed by atoms with E-state index in [2.05, 4.69) is 33.0 Å². The number of hydrogen-bond acceptors (Lipinski definition) is 3. The summed E-state index contributed by atoms with van der Waals surface area (Å²) < 4.78 is 0. The summed E-state index contributed by atoms with van der Waals surface area (Å²) in [5, 5.41) is 14.5. The molecule has 5 heteroatoms. The fraction of sp³-hybridized carbons (Fsp3) is 0.600. The fourth-order valence-corrected chi connectivity index (χ4v) is 2.54. The van der Waals surface area contributed by atoms with Crippen molar-refractivity contribution in [2.45, 2.75) is 46.6 Å². The fourth-order valence-electron chi connectivity index (χ4n) is 2.31. The average molecular weight is 299 g/mol. The van der Waals surface area contributed by atoms with Crippen LogP contribution < -0.4 is 5.32 Å². The summed E-state index contributed by atoms with van der Waals surface area (Å²) in [6, 6.07) is 4.89. The molecule has 0 aliphatic carbocycles. The van der Waals surface area contributed by atoms with E-state index in [1.54, 1.807) is 6.07 Å². The predicted octanol–water partition coefficient (Wildman–Crippen LogP) is 5.12. The molecule has 0 radical (unpaired) electrons. The number of nitro groups is 1. The van der Waals surface area contributed by atoms with Crippen LogP contribution >= 0.6 is 11.6 Å². The molecule has 0 amide bonds. The lowest BCUT2D eigenvalue weighted by molar-refractivity contribution is -0.384. The van der Waals surface area contributed by atoms with E-state index in [9.17, 15) is 10.1 Å². The normalized spacial score (nSPS) is 11.4. The van der Waals surface area contributed by atoms with Crippen molar-refractivity contribution in [3.8, 4) is 0 Å². The minimum atomic E-state index is -0.435. The topological polar surface area (TPSA) is 55.2 Å². The minimum absolute atomic E-state index is 0.0184. The van der Waals surface area contributed by atoms with Crippen molar-refractivity contribution >= 4 is 23.0 Å². The number of non-ortho nitro benzene ring substituents is 1. The van der Waals surface area contributed by atoms with E-state index in [0.717, 1.165) is 18.5 Å². The van der Waals surface area contributed by atoms with Crippen LogP contribution in [-0.4, -0.2) is 11.0 Å². The lowest BCUT2D eigenvalue weighted by atomic mass is 9.95. The summed E-state index contributed by atoms with van der Waals surface area (Å²) in [7, 11) is 0. The summed E-state index contributed by atoms with van der Waals surface area (Å²) in [6.07, 6.45) is 2.09. The van der Waals surface area contributed by atoms with Crippen molar-refractivity contribution in [2.75, 3.05) is 5.32 Å². The second-order valence-corrected chi connectivity index (χ2v) is 6.43. The molecule has 4 nitrogen and oxygen atoms in total. The van der Waals surface area contributed by atoms with Crippen LogP contribution in [0.15, 0.2) is 18.2 Å². The highest BCUT2D eigenvalue weighted by molar-refractivity contribution is 6.33. The van der Waals surface area contributed by atoms with E-state index >= 15 is 0 Å². The van der Waals surface area contributed by atoms with E-state index in [1.807, 2.05) is 0 Å². The zero-order valence-corrected chi connectivity index (χ0v) is 13.3. The number of anilines is 1. The number of rotatable bonds is 7. The van der Waals surface area contributed by atoms with Crippen LogP contribution in [0.4, 0.5) is 11.4 Å². The molecule has 0 atom stereocenters. The Labute approximate surface area is 125 Å². The van der Waals surface area contributed by atoms with E-state index in [4.69, 9.17) is 11.6 Å².